The number of methoxy groups -OCH3 is 1. The van der Waals surface area contributed by atoms with Crippen LogP contribution in [0.4, 0.5) is 0 Å². The van der Waals surface area contributed by atoms with Gasteiger partial charge in [-0.3, -0.25) is 9.59 Å². The van der Waals surface area contributed by atoms with Crippen molar-refractivity contribution in [2.45, 2.75) is 6.92 Å². The number of rotatable bonds is 1. The van der Waals surface area contributed by atoms with Crippen LogP contribution in [0.2, 0.25) is 0 Å². The number of hydrogen-bond acceptors (Lipinski definition) is 3. The molecule has 1 aromatic carbocycles. The van der Waals surface area contributed by atoms with Crippen molar-refractivity contribution in [2.75, 3.05) is 7.11 Å². The van der Waals surface area contributed by atoms with Crippen LogP contribution in [0.3, 0.4) is 0 Å². The summed E-state index contributed by atoms with van der Waals surface area (Å²) in [5.74, 6) is -0.219. The molecular formula is C12H9ClO3. The third-order valence-electron chi connectivity index (χ3n) is 2.43. The van der Waals surface area contributed by atoms with Gasteiger partial charge in [-0.15, -0.1) is 0 Å². The highest BCUT2D eigenvalue weighted by Crippen LogP contribution is 2.31. The predicted molar refractivity (Wildman–Crippen MR) is 60.3 cm³/mol. The van der Waals surface area contributed by atoms with Gasteiger partial charge in [0.1, 0.15) is 5.75 Å². The van der Waals surface area contributed by atoms with Crippen molar-refractivity contribution in [1.29, 1.82) is 0 Å². The zero-order valence-electron chi connectivity index (χ0n) is 8.83. The fourth-order valence-corrected chi connectivity index (χ4v) is 1.93. The summed E-state index contributed by atoms with van der Waals surface area (Å²) in [7, 11) is 1.47. The molecule has 0 bridgehead atoms. The molecule has 0 fully saturated rings. The lowest BCUT2D eigenvalue weighted by molar-refractivity contribution is 0.0988. The van der Waals surface area contributed by atoms with Crippen LogP contribution in [0, 0.1) is 6.92 Å². The SMILES string of the molecule is COc1cc(C)cc2c1C(=O)C=C(Cl)C2=O. The van der Waals surface area contributed by atoms with Crippen LogP contribution in [-0.4, -0.2) is 18.7 Å². The lowest BCUT2D eigenvalue weighted by Gasteiger charge is -2.15. The minimum Gasteiger partial charge on any atom is -0.496 e. The van der Waals surface area contributed by atoms with Crippen molar-refractivity contribution in [2.24, 2.45) is 0 Å². The van der Waals surface area contributed by atoms with Crippen molar-refractivity contribution >= 4 is 23.2 Å². The number of ketones is 2. The van der Waals surface area contributed by atoms with Gasteiger partial charge in [0, 0.05) is 11.6 Å². The van der Waals surface area contributed by atoms with E-state index >= 15 is 0 Å². The average Bonchev–Trinajstić information content (AvgIpc) is 2.24. The summed E-state index contributed by atoms with van der Waals surface area (Å²) in [6, 6.07) is 3.37. The molecule has 0 heterocycles. The fraction of sp³-hybridized carbons (Fsp3) is 0.167. The minimum absolute atomic E-state index is 0.0508. The second-order valence-electron chi connectivity index (χ2n) is 3.58. The second kappa shape index (κ2) is 3.76. The second-order valence-corrected chi connectivity index (χ2v) is 3.98. The summed E-state index contributed by atoms with van der Waals surface area (Å²) in [6.45, 7) is 1.83. The molecular weight excluding hydrogens is 228 g/mol. The molecule has 82 valence electrons. The van der Waals surface area contributed by atoms with Gasteiger partial charge in [0.15, 0.2) is 5.78 Å². The molecule has 0 aliphatic heterocycles. The van der Waals surface area contributed by atoms with Crippen LogP contribution >= 0.6 is 11.6 Å². The van der Waals surface area contributed by atoms with Crippen LogP contribution in [0.5, 0.6) is 5.75 Å². The van der Waals surface area contributed by atoms with E-state index in [1.807, 2.05) is 6.92 Å². The number of fused-ring (bicyclic) bond motifs is 1. The Labute approximate surface area is 97.7 Å². The average molecular weight is 237 g/mol. The molecule has 0 saturated carbocycles. The van der Waals surface area contributed by atoms with Gasteiger partial charge in [-0.05, 0) is 24.6 Å². The topological polar surface area (TPSA) is 43.4 Å². The molecule has 1 aromatic rings. The maximum atomic E-state index is 11.8. The Bertz CT molecular complexity index is 529. The van der Waals surface area contributed by atoms with Gasteiger partial charge in [-0.1, -0.05) is 11.6 Å². The molecule has 4 heteroatoms. The van der Waals surface area contributed by atoms with Crippen molar-refractivity contribution in [1.82, 2.24) is 0 Å². The van der Waals surface area contributed by atoms with E-state index in [-0.39, 0.29) is 16.6 Å². The van der Waals surface area contributed by atoms with E-state index in [9.17, 15) is 9.59 Å². The molecule has 3 nitrogen and oxygen atoms in total. The zero-order chi connectivity index (χ0) is 11.9. The third kappa shape index (κ3) is 1.53. The normalized spacial score (nSPS) is 14.6. The molecule has 2 rings (SSSR count). The Morgan fingerprint density at radius 1 is 1.25 bits per heavy atom. The van der Waals surface area contributed by atoms with Gasteiger partial charge in [0.2, 0.25) is 5.78 Å². The van der Waals surface area contributed by atoms with Gasteiger partial charge >= 0.3 is 0 Å². The zero-order valence-corrected chi connectivity index (χ0v) is 9.59. The number of allylic oxidation sites excluding steroid dienone is 2. The molecule has 1 aliphatic carbocycles. The summed E-state index contributed by atoms with van der Waals surface area (Å²) >= 11 is 5.69. The summed E-state index contributed by atoms with van der Waals surface area (Å²) < 4.78 is 5.10. The lowest BCUT2D eigenvalue weighted by atomic mass is 9.92. The quantitative estimate of drug-likeness (QED) is 0.753. The van der Waals surface area contributed by atoms with Gasteiger partial charge in [-0.25, -0.2) is 0 Å². The standard InChI is InChI=1S/C12H9ClO3/c1-6-3-7-11(10(4-6)16-2)9(14)5-8(13)12(7)15/h3-5H,1-2H3. The lowest BCUT2D eigenvalue weighted by Crippen LogP contribution is -2.16. The molecule has 0 radical (unpaired) electrons. The number of Topliss-reactive ketones (excluding diaryl/α,β-unsaturated/α-hetero) is 1. The van der Waals surface area contributed by atoms with Crippen LogP contribution in [0.1, 0.15) is 26.3 Å². The van der Waals surface area contributed by atoms with Crippen LogP contribution in [0.15, 0.2) is 23.2 Å². The van der Waals surface area contributed by atoms with Crippen LogP contribution in [0.25, 0.3) is 0 Å². The van der Waals surface area contributed by atoms with Crippen molar-refractivity contribution in [3.05, 3.63) is 39.9 Å². The van der Waals surface area contributed by atoms with E-state index < -0.39 is 0 Å². The smallest absolute Gasteiger partial charge is 0.205 e. The number of carbonyl (C=O) groups excluding carboxylic acids is 2. The first-order valence-corrected chi connectivity index (χ1v) is 5.07. The Hall–Kier alpha value is -1.61. The van der Waals surface area contributed by atoms with Crippen LogP contribution in [-0.2, 0) is 0 Å². The van der Waals surface area contributed by atoms with E-state index in [4.69, 9.17) is 16.3 Å². The molecule has 0 amide bonds. The molecule has 0 aromatic heterocycles. The Morgan fingerprint density at radius 2 is 1.94 bits per heavy atom. The molecule has 0 saturated heterocycles. The Morgan fingerprint density at radius 3 is 2.56 bits per heavy atom. The largest absolute Gasteiger partial charge is 0.496 e. The first-order valence-electron chi connectivity index (χ1n) is 4.69. The number of halogens is 1. The van der Waals surface area contributed by atoms with E-state index in [0.29, 0.717) is 16.9 Å². The van der Waals surface area contributed by atoms with Crippen molar-refractivity contribution in [3.8, 4) is 5.75 Å². The third-order valence-corrected chi connectivity index (χ3v) is 2.71. The summed E-state index contributed by atoms with van der Waals surface area (Å²) in [4.78, 5) is 23.5. The molecule has 0 N–H and O–H groups in total. The molecule has 0 spiro atoms. The first-order chi connectivity index (χ1) is 7.54. The van der Waals surface area contributed by atoms with E-state index in [1.54, 1.807) is 12.1 Å². The minimum atomic E-state index is -0.335. The summed E-state index contributed by atoms with van der Waals surface area (Å²) in [5, 5.41) is -0.0508. The van der Waals surface area contributed by atoms with Crippen molar-refractivity contribution < 1.29 is 14.3 Å². The van der Waals surface area contributed by atoms with Gasteiger partial charge in [-0.2, -0.15) is 0 Å². The number of benzene rings is 1. The van der Waals surface area contributed by atoms with Crippen LogP contribution < -0.4 is 4.74 Å². The summed E-state index contributed by atoms with van der Waals surface area (Å²) in [6.07, 6.45) is 1.13. The van der Waals surface area contributed by atoms with E-state index in [2.05, 4.69) is 0 Å². The number of hydrogen-bond donors (Lipinski definition) is 0. The number of ether oxygens (including phenoxy) is 1. The monoisotopic (exact) mass is 236 g/mol. The molecule has 16 heavy (non-hydrogen) atoms. The first kappa shape index (κ1) is 10.9. The number of aryl methyl sites for hydroxylation is 1. The number of carbonyl (C=O) groups is 2. The highest BCUT2D eigenvalue weighted by Gasteiger charge is 2.27. The predicted octanol–water partition coefficient (Wildman–Crippen LogP) is 2.51. The highest BCUT2D eigenvalue weighted by molar-refractivity contribution is 6.49. The maximum absolute atomic E-state index is 11.8. The molecule has 1 aliphatic rings. The Balaban J connectivity index is 2.76. The van der Waals surface area contributed by atoms with Gasteiger partial charge < -0.3 is 4.74 Å². The highest BCUT2D eigenvalue weighted by atomic mass is 35.5. The molecule has 0 atom stereocenters. The molecule has 0 unspecified atom stereocenters. The van der Waals surface area contributed by atoms with Gasteiger partial charge in [0.05, 0.1) is 17.7 Å². The maximum Gasteiger partial charge on any atom is 0.205 e. The van der Waals surface area contributed by atoms with Crippen molar-refractivity contribution in [3.63, 3.8) is 0 Å². The fourth-order valence-electron chi connectivity index (χ4n) is 1.73. The Kier molecular flexibility index (Phi) is 2.56. The van der Waals surface area contributed by atoms with E-state index in [1.165, 1.54) is 7.11 Å². The van der Waals surface area contributed by atoms with E-state index in [0.717, 1.165) is 11.6 Å². The van der Waals surface area contributed by atoms with Gasteiger partial charge in [0.25, 0.3) is 0 Å². The summed E-state index contributed by atoms with van der Waals surface area (Å²) in [5.41, 5.74) is 1.46.